The zero-order chi connectivity index (χ0) is 23.3. The summed E-state index contributed by atoms with van der Waals surface area (Å²) >= 11 is 1.55. The Labute approximate surface area is 191 Å². The highest BCUT2D eigenvalue weighted by Crippen LogP contribution is 2.30. The zero-order valence-electron chi connectivity index (χ0n) is 17.3. The highest BCUT2D eigenvalue weighted by atomic mass is 32.1. The number of aromatic nitrogens is 1. The van der Waals surface area contributed by atoms with Crippen molar-refractivity contribution in [1.82, 2.24) is 15.2 Å². The minimum absolute atomic E-state index is 0.117. The summed E-state index contributed by atoms with van der Waals surface area (Å²) < 4.78 is 50.0. The number of benzene rings is 1. The van der Waals surface area contributed by atoms with Crippen LogP contribution in [0.5, 0.6) is 0 Å². The van der Waals surface area contributed by atoms with Gasteiger partial charge in [-0.3, -0.25) is 9.69 Å². The summed E-state index contributed by atoms with van der Waals surface area (Å²) in [4.78, 5) is 19.5. The smallest absolute Gasteiger partial charge is 0.416 e. The van der Waals surface area contributed by atoms with E-state index in [1.165, 1.54) is 18.6 Å². The highest BCUT2D eigenvalue weighted by Gasteiger charge is 2.30. The maximum Gasteiger partial charge on any atom is 0.416 e. The molecule has 0 bridgehead atoms. The maximum absolute atomic E-state index is 13.1. The lowest BCUT2D eigenvalue weighted by molar-refractivity contribution is -0.137. The number of furan rings is 1. The molecule has 0 saturated carbocycles. The van der Waals surface area contributed by atoms with Gasteiger partial charge in [-0.2, -0.15) is 13.2 Å². The van der Waals surface area contributed by atoms with Crippen molar-refractivity contribution in [3.05, 3.63) is 99.8 Å². The van der Waals surface area contributed by atoms with E-state index in [4.69, 9.17) is 8.83 Å². The van der Waals surface area contributed by atoms with Crippen LogP contribution in [0.2, 0.25) is 0 Å². The van der Waals surface area contributed by atoms with Gasteiger partial charge in [-0.1, -0.05) is 24.3 Å². The van der Waals surface area contributed by atoms with Crippen LogP contribution in [0.25, 0.3) is 0 Å². The Morgan fingerprint density at radius 2 is 1.94 bits per heavy atom. The Bertz CT molecular complexity index is 1170. The van der Waals surface area contributed by atoms with E-state index in [1.54, 1.807) is 29.5 Å². The third-order valence-electron chi connectivity index (χ3n) is 4.77. The van der Waals surface area contributed by atoms with Gasteiger partial charge in [0.05, 0.1) is 24.9 Å². The second-order valence-corrected chi connectivity index (χ2v) is 8.34. The molecule has 0 aliphatic rings. The number of oxazole rings is 1. The Morgan fingerprint density at radius 3 is 2.67 bits per heavy atom. The number of nitrogens with one attached hydrogen (secondary N) is 1. The van der Waals surface area contributed by atoms with Crippen molar-refractivity contribution in [3.8, 4) is 0 Å². The fraction of sp³-hybridized carbons (Fsp3) is 0.217. The number of hydrogen-bond acceptors (Lipinski definition) is 6. The predicted molar refractivity (Wildman–Crippen MR) is 115 cm³/mol. The van der Waals surface area contributed by atoms with Crippen molar-refractivity contribution in [3.63, 3.8) is 0 Å². The molecule has 0 radical (unpaired) electrons. The molecule has 0 saturated heterocycles. The van der Waals surface area contributed by atoms with Crippen molar-refractivity contribution < 1.29 is 26.8 Å². The molecule has 1 N–H and O–H groups in total. The van der Waals surface area contributed by atoms with Crippen LogP contribution >= 0.6 is 11.3 Å². The number of thiophene rings is 1. The Balaban J connectivity index is 1.45. The first kappa shape index (κ1) is 22.8. The van der Waals surface area contributed by atoms with Gasteiger partial charge in [-0.25, -0.2) is 4.98 Å². The Kier molecular flexibility index (Phi) is 6.95. The molecule has 0 spiro atoms. The molecular formula is C23H20F3N3O3S. The van der Waals surface area contributed by atoms with E-state index in [9.17, 15) is 18.0 Å². The third-order valence-corrected chi connectivity index (χ3v) is 5.63. The minimum Gasteiger partial charge on any atom is -0.467 e. The van der Waals surface area contributed by atoms with Gasteiger partial charge in [-0.15, -0.1) is 11.3 Å². The third kappa shape index (κ3) is 6.33. The largest absolute Gasteiger partial charge is 0.467 e. The predicted octanol–water partition coefficient (Wildman–Crippen LogP) is 5.48. The van der Waals surface area contributed by atoms with Crippen molar-refractivity contribution in [2.75, 3.05) is 0 Å². The Morgan fingerprint density at radius 1 is 1.06 bits per heavy atom. The molecule has 0 fully saturated rings. The van der Waals surface area contributed by atoms with Crippen LogP contribution in [0, 0.1) is 0 Å². The first-order valence-electron chi connectivity index (χ1n) is 10.0. The van der Waals surface area contributed by atoms with E-state index in [1.807, 2.05) is 22.4 Å². The van der Waals surface area contributed by atoms with Crippen LogP contribution < -0.4 is 5.32 Å². The lowest BCUT2D eigenvalue weighted by Crippen LogP contribution is -2.24. The van der Waals surface area contributed by atoms with Gasteiger partial charge in [-0.05, 0) is 35.2 Å². The molecule has 0 unspecified atom stereocenters. The normalized spacial score (nSPS) is 11.8. The number of alkyl halides is 3. The molecule has 4 rings (SSSR count). The molecule has 33 heavy (non-hydrogen) atoms. The topological polar surface area (TPSA) is 71.5 Å². The van der Waals surface area contributed by atoms with Crippen molar-refractivity contribution in [1.29, 1.82) is 0 Å². The lowest BCUT2D eigenvalue weighted by Gasteiger charge is -2.21. The molecule has 0 aliphatic carbocycles. The van der Waals surface area contributed by atoms with Gasteiger partial charge in [0.1, 0.15) is 12.0 Å². The fourth-order valence-corrected chi connectivity index (χ4v) is 3.99. The molecule has 172 valence electrons. The van der Waals surface area contributed by atoms with Crippen molar-refractivity contribution in [2.24, 2.45) is 0 Å². The fourth-order valence-electron chi connectivity index (χ4n) is 3.25. The van der Waals surface area contributed by atoms with Gasteiger partial charge < -0.3 is 14.2 Å². The molecule has 0 aliphatic heterocycles. The first-order chi connectivity index (χ1) is 15.9. The van der Waals surface area contributed by atoms with E-state index in [0.717, 1.165) is 17.0 Å². The van der Waals surface area contributed by atoms with Crippen LogP contribution in [0.15, 0.2) is 75.3 Å². The van der Waals surface area contributed by atoms with E-state index in [2.05, 4.69) is 10.3 Å². The minimum atomic E-state index is -4.41. The van der Waals surface area contributed by atoms with E-state index < -0.39 is 17.6 Å². The standard InChI is InChI=1S/C23H20F3N3O3S/c24-23(25,26)17-5-1-4-16(10-17)12-29(13-19-7-3-9-33-19)14-21-28-20(15-32-21)22(30)27-11-18-6-2-8-31-18/h1-10,15H,11-14H2,(H,27,30). The van der Waals surface area contributed by atoms with Crippen LogP contribution in [0.4, 0.5) is 13.2 Å². The number of carbonyl (C=O) groups excluding carboxylic acids is 1. The molecule has 10 heteroatoms. The summed E-state index contributed by atoms with van der Waals surface area (Å²) in [5, 5.41) is 4.63. The number of nitrogens with zero attached hydrogens (tertiary/aromatic N) is 2. The second kappa shape index (κ2) is 10.1. The van der Waals surface area contributed by atoms with Gasteiger partial charge in [0.2, 0.25) is 5.89 Å². The number of carbonyl (C=O) groups is 1. The van der Waals surface area contributed by atoms with Crippen LogP contribution in [-0.2, 0) is 32.4 Å². The molecule has 0 atom stereocenters. The zero-order valence-corrected chi connectivity index (χ0v) is 18.2. The molecular weight excluding hydrogens is 455 g/mol. The summed E-state index contributed by atoms with van der Waals surface area (Å²) in [6.07, 6.45) is -1.63. The average Bonchev–Trinajstić information content (AvgIpc) is 3.55. The summed E-state index contributed by atoms with van der Waals surface area (Å²) in [5.41, 5.74) is -0.0567. The monoisotopic (exact) mass is 475 g/mol. The van der Waals surface area contributed by atoms with E-state index >= 15 is 0 Å². The number of halogens is 3. The van der Waals surface area contributed by atoms with E-state index in [0.29, 0.717) is 23.8 Å². The molecule has 1 aromatic carbocycles. The number of hydrogen-bond donors (Lipinski definition) is 1. The van der Waals surface area contributed by atoms with Crippen LogP contribution in [0.1, 0.15) is 38.1 Å². The van der Waals surface area contributed by atoms with Crippen LogP contribution in [-0.4, -0.2) is 15.8 Å². The van der Waals surface area contributed by atoms with Crippen molar-refractivity contribution in [2.45, 2.75) is 32.4 Å². The molecule has 3 heterocycles. The lowest BCUT2D eigenvalue weighted by atomic mass is 10.1. The Hall–Kier alpha value is -3.37. The summed E-state index contributed by atoms with van der Waals surface area (Å²) in [5.74, 6) is 0.487. The van der Waals surface area contributed by atoms with Gasteiger partial charge >= 0.3 is 6.18 Å². The first-order valence-corrected chi connectivity index (χ1v) is 10.9. The summed E-state index contributed by atoms with van der Waals surface area (Å²) in [7, 11) is 0. The van der Waals surface area contributed by atoms with Crippen molar-refractivity contribution >= 4 is 17.2 Å². The van der Waals surface area contributed by atoms with E-state index in [-0.39, 0.29) is 25.3 Å². The SMILES string of the molecule is O=C(NCc1ccco1)c1coc(CN(Cc2cccc(C(F)(F)F)c2)Cc2cccs2)n1. The summed E-state index contributed by atoms with van der Waals surface area (Å²) in [6, 6.07) is 12.6. The number of amides is 1. The maximum atomic E-state index is 13.1. The average molecular weight is 475 g/mol. The van der Waals surface area contributed by atoms with Gasteiger partial charge in [0.25, 0.3) is 5.91 Å². The molecule has 4 aromatic rings. The second-order valence-electron chi connectivity index (χ2n) is 7.31. The molecule has 6 nitrogen and oxygen atoms in total. The molecule has 3 aromatic heterocycles. The highest BCUT2D eigenvalue weighted by molar-refractivity contribution is 7.09. The van der Waals surface area contributed by atoms with Crippen LogP contribution in [0.3, 0.4) is 0 Å². The molecule has 1 amide bonds. The van der Waals surface area contributed by atoms with Gasteiger partial charge in [0.15, 0.2) is 5.69 Å². The number of rotatable bonds is 9. The summed E-state index contributed by atoms with van der Waals surface area (Å²) in [6.45, 7) is 1.19. The quantitative estimate of drug-likeness (QED) is 0.347. The van der Waals surface area contributed by atoms with Gasteiger partial charge in [0, 0.05) is 18.0 Å².